The summed E-state index contributed by atoms with van der Waals surface area (Å²) in [7, 11) is 0. The van der Waals surface area contributed by atoms with Crippen molar-refractivity contribution in [2.45, 2.75) is 19.3 Å². The summed E-state index contributed by atoms with van der Waals surface area (Å²) in [6, 6.07) is 1.66. The van der Waals surface area contributed by atoms with Crippen molar-refractivity contribution in [3.8, 4) is 0 Å². The number of nitrogens with zero attached hydrogens (tertiary/aromatic N) is 1. The lowest BCUT2D eigenvalue weighted by Gasteiger charge is -2.23. The zero-order valence-electron chi connectivity index (χ0n) is 11.1. The molecular weight excluding hydrogens is 331 g/mol. The predicted octanol–water partition coefficient (Wildman–Crippen LogP) is 2.17. The second kappa shape index (κ2) is 7.10. The summed E-state index contributed by atoms with van der Waals surface area (Å²) >= 11 is 3.28. The second-order valence-electron chi connectivity index (χ2n) is 4.48. The van der Waals surface area contributed by atoms with Gasteiger partial charge in [0.05, 0.1) is 19.1 Å². The van der Waals surface area contributed by atoms with Gasteiger partial charge in [-0.2, -0.15) is 4.39 Å². The molecule has 0 amide bonds. The number of aromatic nitrogens is 1. The monoisotopic (exact) mass is 346 g/mol. The van der Waals surface area contributed by atoms with Crippen LogP contribution in [0.1, 0.15) is 24.8 Å². The number of carbonyl (C=O) groups is 1. The lowest BCUT2D eigenvalue weighted by molar-refractivity contribution is -0.149. The van der Waals surface area contributed by atoms with E-state index >= 15 is 0 Å². The van der Waals surface area contributed by atoms with Gasteiger partial charge >= 0.3 is 5.97 Å². The Hall–Kier alpha value is -1.05. The topological polar surface area (TPSA) is 60.5 Å². The van der Waals surface area contributed by atoms with Gasteiger partial charge in [-0.05, 0) is 35.3 Å². The molecule has 0 saturated carbocycles. The van der Waals surface area contributed by atoms with Crippen LogP contribution in [0.4, 0.5) is 4.39 Å². The highest BCUT2D eigenvalue weighted by Crippen LogP contribution is 2.33. The first kappa shape index (κ1) is 15.3. The lowest BCUT2D eigenvalue weighted by atomic mass is 9.84. The minimum atomic E-state index is -0.561. The average Bonchev–Trinajstić information content (AvgIpc) is 2.67. The molecule has 0 aromatic carbocycles. The Labute approximate surface area is 124 Å². The van der Waals surface area contributed by atoms with Gasteiger partial charge in [0.25, 0.3) is 0 Å². The molecule has 1 N–H and O–H groups in total. The Morgan fingerprint density at radius 1 is 1.70 bits per heavy atom. The molecule has 110 valence electrons. The van der Waals surface area contributed by atoms with E-state index in [2.05, 4.69) is 26.4 Å². The van der Waals surface area contributed by atoms with Crippen molar-refractivity contribution in [1.29, 1.82) is 0 Å². The van der Waals surface area contributed by atoms with Crippen molar-refractivity contribution in [3.05, 3.63) is 28.2 Å². The van der Waals surface area contributed by atoms with Crippen molar-refractivity contribution in [2.75, 3.05) is 19.8 Å². The van der Waals surface area contributed by atoms with Crippen molar-refractivity contribution < 1.29 is 18.8 Å². The molecule has 0 bridgehead atoms. The van der Waals surface area contributed by atoms with Gasteiger partial charge in [-0.1, -0.05) is 0 Å². The average molecular weight is 347 g/mol. The highest BCUT2D eigenvalue weighted by molar-refractivity contribution is 9.10. The van der Waals surface area contributed by atoms with Crippen LogP contribution in [-0.2, 0) is 14.4 Å². The summed E-state index contributed by atoms with van der Waals surface area (Å²) in [5.41, 5.74) is 3.12. The number of pyridine rings is 1. The maximum absolute atomic E-state index is 14.0. The first-order valence-electron chi connectivity index (χ1n) is 6.45. The highest BCUT2D eigenvalue weighted by Gasteiger charge is 2.34. The van der Waals surface area contributed by atoms with Gasteiger partial charge in [-0.25, -0.2) is 10.5 Å². The summed E-state index contributed by atoms with van der Waals surface area (Å²) < 4.78 is 19.7. The molecule has 0 aliphatic carbocycles. The number of ether oxygens (including phenoxy) is 1. The largest absolute Gasteiger partial charge is 0.466 e. The van der Waals surface area contributed by atoms with E-state index in [1.165, 1.54) is 6.20 Å². The van der Waals surface area contributed by atoms with E-state index < -0.39 is 11.9 Å². The van der Waals surface area contributed by atoms with Crippen LogP contribution in [0.15, 0.2) is 16.7 Å². The van der Waals surface area contributed by atoms with Crippen LogP contribution >= 0.6 is 15.9 Å². The van der Waals surface area contributed by atoms with E-state index in [1.54, 1.807) is 13.0 Å². The Morgan fingerprint density at radius 2 is 2.50 bits per heavy atom. The molecule has 2 heterocycles. The molecule has 20 heavy (non-hydrogen) atoms. The zero-order valence-corrected chi connectivity index (χ0v) is 12.7. The maximum Gasteiger partial charge on any atom is 0.310 e. The molecule has 2 rings (SSSR count). The van der Waals surface area contributed by atoms with Crippen LogP contribution in [0.2, 0.25) is 0 Å². The van der Waals surface area contributed by atoms with Crippen LogP contribution < -0.4 is 5.48 Å². The van der Waals surface area contributed by atoms with Crippen LogP contribution in [0.25, 0.3) is 0 Å². The van der Waals surface area contributed by atoms with E-state index in [4.69, 9.17) is 9.57 Å². The minimum absolute atomic E-state index is 0.287. The molecule has 1 aromatic heterocycles. The fourth-order valence-corrected chi connectivity index (χ4v) is 2.67. The third-order valence-electron chi connectivity index (χ3n) is 3.24. The van der Waals surface area contributed by atoms with Crippen LogP contribution in [0.3, 0.4) is 0 Å². The highest BCUT2D eigenvalue weighted by atomic mass is 79.9. The number of halogens is 2. The molecular formula is C13H16BrFN2O3. The van der Waals surface area contributed by atoms with Crippen molar-refractivity contribution in [1.82, 2.24) is 10.5 Å². The van der Waals surface area contributed by atoms with E-state index in [-0.39, 0.29) is 18.4 Å². The summed E-state index contributed by atoms with van der Waals surface area (Å²) in [4.78, 5) is 20.9. The number of esters is 1. The molecule has 1 aromatic rings. The molecule has 2 unspecified atom stereocenters. The molecule has 0 radical (unpaired) electrons. The molecule has 2 atom stereocenters. The predicted molar refractivity (Wildman–Crippen MR) is 73.3 cm³/mol. The smallest absolute Gasteiger partial charge is 0.310 e. The van der Waals surface area contributed by atoms with Gasteiger partial charge in [0.1, 0.15) is 0 Å². The van der Waals surface area contributed by atoms with Crippen LogP contribution in [0, 0.1) is 11.9 Å². The molecule has 1 saturated heterocycles. The van der Waals surface area contributed by atoms with E-state index in [1.807, 2.05) is 0 Å². The van der Waals surface area contributed by atoms with Crippen LogP contribution in [0.5, 0.6) is 0 Å². The van der Waals surface area contributed by atoms with Crippen LogP contribution in [-0.4, -0.2) is 30.7 Å². The van der Waals surface area contributed by atoms with Gasteiger partial charge in [0.15, 0.2) is 0 Å². The van der Waals surface area contributed by atoms with Gasteiger partial charge in [0.2, 0.25) is 5.95 Å². The number of rotatable bonds is 3. The molecule has 1 aliphatic rings. The van der Waals surface area contributed by atoms with Gasteiger partial charge in [0, 0.05) is 28.7 Å². The summed E-state index contributed by atoms with van der Waals surface area (Å²) in [6.07, 6.45) is 1.91. The fraction of sp³-hybridized carbons (Fsp3) is 0.538. The first-order valence-corrected chi connectivity index (χ1v) is 7.25. The zero-order chi connectivity index (χ0) is 14.5. The fourth-order valence-electron chi connectivity index (χ4n) is 2.32. The maximum atomic E-state index is 14.0. The Morgan fingerprint density at radius 3 is 3.25 bits per heavy atom. The van der Waals surface area contributed by atoms with Gasteiger partial charge in [-0.3, -0.25) is 4.79 Å². The molecule has 0 spiro atoms. The van der Waals surface area contributed by atoms with E-state index in [9.17, 15) is 9.18 Å². The van der Waals surface area contributed by atoms with E-state index in [0.29, 0.717) is 29.7 Å². The Balaban J connectivity index is 2.32. The number of carbonyl (C=O) groups excluding carboxylic acids is 1. The van der Waals surface area contributed by atoms with Crippen molar-refractivity contribution in [2.24, 2.45) is 5.92 Å². The summed E-state index contributed by atoms with van der Waals surface area (Å²) in [6.45, 7) is 2.72. The standard InChI is InChI=1S/C13H16BrFN2O3/c1-2-19-13(18)11-7-17-20-4-3-9(11)10-5-8(14)6-16-12(10)15/h5-6,9,11,17H,2-4,7H2,1H3. The lowest BCUT2D eigenvalue weighted by Crippen LogP contribution is -2.32. The van der Waals surface area contributed by atoms with Gasteiger partial charge in [-0.15, -0.1) is 0 Å². The number of hydroxylamine groups is 1. The van der Waals surface area contributed by atoms with Gasteiger partial charge < -0.3 is 9.57 Å². The number of nitrogens with one attached hydrogen (secondary N) is 1. The Bertz CT molecular complexity index is 487. The molecule has 1 fully saturated rings. The first-order chi connectivity index (χ1) is 9.63. The normalized spacial score (nSPS) is 23.1. The summed E-state index contributed by atoms with van der Waals surface area (Å²) in [5.74, 6) is -1.73. The number of hydrogen-bond acceptors (Lipinski definition) is 5. The molecule has 7 heteroatoms. The Kier molecular flexibility index (Phi) is 5.45. The third-order valence-corrected chi connectivity index (χ3v) is 3.68. The number of hydrogen-bond donors (Lipinski definition) is 1. The van der Waals surface area contributed by atoms with E-state index in [0.717, 1.165) is 0 Å². The third kappa shape index (κ3) is 3.53. The quantitative estimate of drug-likeness (QED) is 0.671. The second-order valence-corrected chi connectivity index (χ2v) is 5.40. The summed E-state index contributed by atoms with van der Waals surface area (Å²) in [5, 5.41) is 0. The molecule has 5 nitrogen and oxygen atoms in total. The SMILES string of the molecule is CCOC(=O)C1CNOCCC1c1cc(Br)cnc1F. The minimum Gasteiger partial charge on any atom is -0.466 e. The van der Waals surface area contributed by atoms with Crippen molar-refractivity contribution >= 4 is 21.9 Å². The van der Waals surface area contributed by atoms with Crippen molar-refractivity contribution in [3.63, 3.8) is 0 Å². The molecule has 1 aliphatic heterocycles.